The molecule has 4 rings (SSSR count). The minimum atomic E-state index is -0.369. The summed E-state index contributed by atoms with van der Waals surface area (Å²) in [5.41, 5.74) is 2.12. The second-order valence-electron chi connectivity index (χ2n) is 5.76. The van der Waals surface area contributed by atoms with Crippen molar-refractivity contribution >= 4 is 55.8 Å². The van der Waals surface area contributed by atoms with Crippen molar-refractivity contribution in [2.24, 2.45) is 10.2 Å². The molecule has 4 aromatic rings. The normalized spacial score (nSPS) is 11.7. The first-order chi connectivity index (χ1) is 13.2. The molecule has 2 aromatic heterocycles. The van der Waals surface area contributed by atoms with Crippen LogP contribution in [-0.2, 0) is 11.3 Å². The molecule has 136 valence electrons. The molecule has 1 N–H and O–H groups in total. The highest BCUT2D eigenvalue weighted by Gasteiger charge is 2.15. The molecule has 0 spiro atoms. The number of azo groups is 1. The zero-order chi connectivity index (χ0) is 18.8. The van der Waals surface area contributed by atoms with Crippen LogP contribution in [0.5, 0.6) is 5.88 Å². The van der Waals surface area contributed by atoms with Crippen LogP contribution >= 0.6 is 23.1 Å². The van der Waals surface area contributed by atoms with Crippen molar-refractivity contribution in [3.8, 4) is 5.88 Å². The Morgan fingerprint density at radius 2 is 2.00 bits per heavy atom. The van der Waals surface area contributed by atoms with Gasteiger partial charge in [-0.1, -0.05) is 42.1 Å². The van der Waals surface area contributed by atoms with Crippen molar-refractivity contribution in [1.82, 2.24) is 9.55 Å². The molecule has 0 fully saturated rings. The van der Waals surface area contributed by atoms with E-state index >= 15 is 0 Å². The number of amides is 1. The Bertz CT molecular complexity index is 1130. The average molecular weight is 396 g/mol. The fourth-order valence-corrected chi connectivity index (χ4v) is 4.71. The summed E-state index contributed by atoms with van der Waals surface area (Å²) in [6.45, 7) is 2.54. The van der Waals surface area contributed by atoms with Crippen molar-refractivity contribution in [3.05, 3.63) is 48.5 Å². The lowest BCUT2D eigenvalue weighted by Crippen LogP contribution is -1.95. The van der Waals surface area contributed by atoms with E-state index in [4.69, 9.17) is 0 Å². The van der Waals surface area contributed by atoms with E-state index < -0.39 is 0 Å². The predicted octanol–water partition coefficient (Wildman–Crippen LogP) is 5.38. The van der Waals surface area contributed by atoms with Gasteiger partial charge < -0.3 is 9.67 Å². The van der Waals surface area contributed by atoms with Crippen molar-refractivity contribution in [2.45, 2.75) is 17.8 Å². The van der Waals surface area contributed by atoms with Crippen LogP contribution in [0.2, 0.25) is 0 Å². The minimum absolute atomic E-state index is 0.0223. The van der Waals surface area contributed by atoms with Crippen LogP contribution in [0.15, 0.2) is 63.1 Å². The third-order valence-electron chi connectivity index (χ3n) is 4.09. The number of nitrogens with zero attached hydrogens (tertiary/aromatic N) is 4. The number of para-hydroxylation sites is 2. The van der Waals surface area contributed by atoms with Gasteiger partial charge in [0.05, 0.1) is 21.5 Å². The summed E-state index contributed by atoms with van der Waals surface area (Å²) in [5, 5.41) is 19.0. The van der Waals surface area contributed by atoms with Gasteiger partial charge in [-0.15, -0.1) is 21.6 Å². The van der Waals surface area contributed by atoms with Gasteiger partial charge in [0.2, 0.25) is 5.88 Å². The number of aromatic nitrogens is 2. The summed E-state index contributed by atoms with van der Waals surface area (Å²) >= 11 is 2.89. The van der Waals surface area contributed by atoms with E-state index in [1.807, 2.05) is 55.5 Å². The summed E-state index contributed by atoms with van der Waals surface area (Å²) < 4.78 is 3.65. The summed E-state index contributed by atoms with van der Waals surface area (Å²) in [6, 6.07) is 15.4. The van der Waals surface area contributed by atoms with E-state index in [9.17, 15) is 9.90 Å². The number of thioether (sulfide) groups is 1. The molecule has 6 nitrogen and oxygen atoms in total. The van der Waals surface area contributed by atoms with E-state index in [0.717, 1.165) is 25.5 Å². The van der Waals surface area contributed by atoms with E-state index in [1.165, 1.54) is 11.8 Å². The molecule has 0 aliphatic rings. The van der Waals surface area contributed by atoms with Crippen LogP contribution in [-0.4, -0.2) is 26.3 Å². The average Bonchev–Trinajstić information content (AvgIpc) is 3.22. The summed E-state index contributed by atoms with van der Waals surface area (Å²) in [6.07, 6.45) is 0. The van der Waals surface area contributed by atoms with Gasteiger partial charge in [0.25, 0.3) is 5.91 Å². The third kappa shape index (κ3) is 3.45. The molecular formula is C19H16N4O2S2. The van der Waals surface area contributed by atoms with Gasteiger partial charge in [0.15, 0.2) is 10.0 Å². The SMILES string of the molecule is CCn1c(O)c(N=NC(=O)CSc2nc3ccccc3s2)c2ccccc21. The van der Waals surface area contributed by atoms with E-state index in [-0.39, 0.29) is 17.5 Å². The van der Waals surface area contributed by atoms with Crippen LogP contribution in [0.25, 0.3) is 21.1 Å². The molecule has 0 saturated carbocycles. The van der Waals surface area contributed by atoms with Gasteiger partial charge in [-0.3, -0.25) is 4.79 Å². The van der Waals surface area contributed by atoms with Crippen LogP contribution in [0, 0.1) is 0 Å². The topological polar surface area (TPSA) is 79.8 Å². The first kappa shape index (κ1) is 17.7. The summed E-state index contributed by atoms with van der Waals surface area (Å²) in [5.74, 6) is -0.197. The molecule has 0 radical (unpaired) electrons. The number of hydrogen-bond acceptors (Lipinski definition) is 6. The molecule has 0 aliphatic heterocycles. The Labute approximate surface area is 163 Å². The van der Waals surface area contributed by atoms with Gasteiger partial charge in [-0.2, -0.15) is 0 Å². The molecular weight excluding hydrogens is 380 g/mol. The highest BCUT2D eigenvalue weighted by Crippen LogP contribution is 2.38. The monoisotopic (exact) mass is 396 g/mol. The molecule has 1 amide bonds. The molecule has 27 heavy (non-hydrogen) atoms. The van der Waals surface area contributed by atoms with Crippen LogP contribution < -0.4 is 0 Å². The first-order valence-corrected chi connectivity index (χ1v) is 10.2. The molecule has 0 saturated heterocycles. The van der Waals surface area contributed by atoms with Crippen LogP contribution in [0.4, 0.5) is 5.69 Å². The Morgan fingerprint density at radius 3 is 2.81 bits per heavy atom. The number of aryl methyl sites for hydroxylation is 1. The fraction of sp³-hybridized carbons (Fsp3) is 0.158. The zero-order valence-electron chi connectivity index (χ0n) is 14.5. The number of hydrogen-bond donors (Lipinski definition) is 1. The molecule has 2 heterocycles. The molecule has 0 bridgehead atoms. The Balaban J connectivity index is 1.50. The summed E-state index contributed by atoms with van der Waals surface area (Å²) in [4.78, 5) is 16.6. The van der Waals surface area contributed by atoms with Crippen molar-refractivity contribution in [2.75, 3.05) is 5.75 Å². The Morgan fingerprint density at radius 1 is 1.22 bits per heavy atom. The second-order valence-corrected chi connectivity index (χ2v) is 8.02. The first-order valence-electron chi connectivity index (χ1n) is 8.40. The maximum absolute atomic E-state index is 12.1. The number of benzene rings is 2. The molecule has 0 unspecified atom stereocenters. The number of carbonyl (C=O) groups is 1. The van der Waals surface area contributed by atoms with Gasteiger partial charge >= 0.3 is 0 Å². The van der Waals surface area contributed by atoms with Gasteiger partial charge in [0.1, 0.15) is 0 Å². The summed E-state index contributed by atoms with van der Waals surface area (Å²) in [7, 11) is 0. The molecule has 0 aliphatic carbocycles. The highest BCUT2D eigenvalue weighted by atomic mass is 32.2. The lowest BCUT2D eigenvalue weighted by Gasteiger charge is -2.00. The largest absolute Gasteiger partial charge is 0.493 e. The lowest BCUT2D eigenvalue weighted by atomic mass is 10.2. The standard InChI is InChI=1S/C19H16N4O2S2/c1-2-23-14-9-5-3-7-12(14)17(18(23)25)22-21-16(24)11-26-19-20-13-8-4-6-10-15(13)27-19/h3-10,25H,2,11H2,1H3. The van der Waals surface area contributed by atoms with E-state index in [2.05, 4.69) is 15.2 Å². The number of aromatic hydroxyl groups is 1. The van der Waals surface area contributed by atoms with Gasteiger partial charge in [-0.05, 0) is 25.1 Å². The Hall–Kier alpha value is -2.71. The Kier molecular flexibility index (Phi) is 4.91. The predicted molar refractivity (Wildman–Crippen MR) is 109 cm³/mol. The molecule has 2 aromatic carbocycles. The molecule has 0 atom stereocenters. The fourth-order valence-electron chi connectivity index (χ4n) is 2.86. The van der Waals surface area contributed by atoms with E-state index in [1.54, 1.807) is 15.9 Å². The maximum atomic E-state index is 12.1. The van der Waals surface area contributed by atoms with Crippen LogP contribution in [0.1, 0.15) is 6.92 Å². The maximum Gasteiger partial charge on any atom is 0.274 e. The number of carbonyl (C=O) groups excluding carboxylic acids is 1. The van der Waals surface area contributed by atoms with E-state index in [0.29, 0.717) is 12.2 Å². The number of rotatable bonds is 5. The third-order valence-corrected chi connectivity index (χ3v) is 6.25. The quantitative estimate of drug-likeness (QED) is 0.363. The number of thiazole rings is 1. The minimum Gasteiger partial charge on any atom is -0.493 e. The van der Waals surface area contributed by atoms with Crippen molar-refractivity contribution < 1.29 is 9.90 Å². The lowest BCUT2D eigenvalue weighted by molar-refractivity contribution is -0.115. The van der Waals surface area contributed by atoms with Crippen LogP contribution in [0.3, 0.4) is 0 Å². The molecule has 8 heteroatoms. The smallest absolute Gasteiger partial charge is 0.274 e. The zero-order valence-corrected chi connectivity index (χ0v) is 16.1. The van der Waals surface area contributed by atoms with Crippen molar-refractivity contribution in [1.29, 1.82) is 0 Å². The van der Waals surface area contributed by atoms with Gasteiger partial charge in [-0.25, -0.2) is 4.98 Å². The second kappa shape index (κ2) is 7.50. The van der Waals surface area contributed by atoms with Crippen molar-refractivity contribution in [3.63, 3.8) is 0 Å². The number of fused-ring (bicyclic) bond motifs is 2. The highest BCUT2D eigenvalue weighted by molar-refractivity contribution is 8.01. The van der Waals surface area contributed by atoms with Gasteiger partial charge in [0, 0.05) is 11.9 Å².